The Kier molecular flexibility index (Phi) is 7.86. The Morgan fingerprint density at radius 3 is 2.30 bits per heavy atom. The Bertz CT molecular complexity index is 1160. The summed E-state index contributed by atoms with van der Waals surface area (Å²) in [5.74, 6) is -1.20. The molecule has 3 rings (SSSR count). The van der Waals surface area contributed by atoms with Crippen LogP contribution in [-0.2, 0) is 20.2 Å². The fourth-order valence-corrected chi connectivity index (χ4v) is 3.52. The fourth-order valence-electron chi connectivity index (χ4n) is 3.20. The van der Waals surface area contributed by atoms with Crippen LogP contribution in [0.25, 0.3) is 0 Å². The maximum absolute atomic E-state index is 13.0. The second-order valence-electron chi connectivity index (χ2n) is 7.55. The Hall–Kier alpha value is -3.20. The molecule has 0 atom stereocenters. The molecule has 3 N–H and O–H groups in total. The number of aryl methyl sites for hydroxylation is 1. The van der Waals surface area contributed by atoms with Crippen molar-refractivity contribution in [1.82, 2.24) is 15.4 Å². The first-order valence-electron chi connectivity index (χ1n) is 9.96. The summed E-state index contributed by atoms with van der Waals surface area (Å²) in [4.78, 5) is 27.2. The highest BCUT2D eigenvalue weighted by Crippen LogP contribution is 2.29. The molecule has 3 aromatic rings. The van der Waals surface area contributed by atoms with Gasteiger partial charge < -0.3 is 19.5 Å². The van der Waals surface area contributed by atoms with Crippen molar-refractivity contribution >= 4 is 40.7 Å². The molecule has 1 aromatic heterocycles. The van der Waals surface area contributed by atoms with E-state index in [-0.39, 0.29) is 30.2 Å². The molecule has 0 unspecified atom stereocenters. The van der Waals surface area contributed by atoms with Crippen LogP contribution in [0.2, 0.25) is 10.0 Å². The number of hydrogen-bond acceptors (Lipinski definition) is 5. The quantitative estimate of drug-likeness (QED) is 0.327. The van der Waals surface area contributed by atoms with E-state index in [1.54, 1.807) is 30.7 Å². The Balaban J connectivity index is 1.81. The van der Waals surface area contributed by atoms with Crippen LogP contribution in [0.3, 0.4) is 0 Å². The summed E-state index contributed by atoms with van der Waals surface area (Å²) in [6, 6.07) is 12.7. The average molecular weight is 491 g/mol. The lowest BCUT2D eigenvalue weighted by molar-refractivity contribution is 0.0692. The van der Waals surface area contributed by atoms with E-state index in [1.165, 1.54) is 10.8 Å². The molecule has 0 fully saturated rings. The molecule has 2 amide bonds. The van der Waals surface area contributed by atoms with Gasteiger partial charge in [0.05, 0.1) is 15.6 Å². The van der Waals surface area contributed by atoms with Crippen molar-refractivity contribution in [2.45, 2.75) is 13.2 Å². The number of aromatic nitrogens is 1. The van der Waals surface area contributed by atoms with Crippen molar-refractivity contribution < 1.29 is 19.5 Å². The minimum atomic E-state index is -0.806. The summed E-state index contributed by atoms with van der Waals surface area (Å²) in [7, 11) is 5.48. The molecule has 0 aliphatic rings. The number of nitrogens with zero attached hydrogens (tertiary/aromatic N) is 2. The van der Waals surface area contributed by atoms with Gasteiger partial charge in [-0.05, 0) is 35.4 Å². The summed E-state index contributed by atoms with van der Waals surface area (Å²) in [5.41, 5.74) is 4.39. The van der Waals surface area contributed by atoms with Crippen LogP contribution in [0.4, 0.5) is 5.69 Å². The summed E-state index contributed by atoms with van der Waals surface area (Å²) in [6.07, 6.45) is 1.47. The number of hydroxylamine groups is 1. The predicted molar refractivity (Wildman–Crippen MR) is 127 cm³/mol. The molecule has 0 saturated carbocycles. The summed E-state index contributed by atoms with van der Waals surface area (Å²) >= 11 is 12.0. The van der Waals surface area contributed by atoms with Crippen molar-refractivity contribution in [3.8, 4) is 5.75 Å². The minimum Gasteiger partial charge on any atom is -0.486 e. The third-order valence-electron chi connectivity index (χ3n) is 4.97. The summed E-state index contributed by atoms with van der Waals surface area (Å²) in [6.45, 7) is 0.314. The van der Waals surface area contributed by atoms with Crippen LogP contribution >= 0.6 is 23.2 Å². The lowest BCUT2D eigenvalue weighted by atomic mass is 10.2. The van der Waals surface area contributed by atoms with E-state index in [2.05, 4.69) is 5.32 Å². The van der Waals surface area contributed by atoms with E-state index >= 15 is 0 Å². The molecule has 10 heteroatoms. The summed E-state index contributed by atoms with van der Waals surface area (Å²) < 4.78 is 7.26. The first-order valence-corrected chi connectivity index (χ1v) is 10.7. The van der Waals surface area contributed by atoms with Crippen LogP contribution in [-0.4, -0.2) is 35.7 Å². The van der Waals surface area contributed by atoms with Crippen molar-refractivity contribution in [3.05, 3.63) is 81.1 Å². The number of nitrogens with one attached hydrogen (secondary N) is 2. The molecule has 1 heterocycles. The highest BCUT2D eigenvalue weighted by molar-refractivity contribution is 6.42. The van der Waals surface area contributed by atoms with E-state index in [0.29, 0.717) is 15.6 Å². The van der Waals surface area contributed by atoms with Crippen LogP contribution in [0.5, 0.6) is 5.75 Å². The van der Waals surface area contributed by atoms with Gasteiger partial charge in [-0.3, -0.25) is 14.8 Å². The highest BCUT2D eigenvalue weighted by Gasteiger charge is 2.26. The van der Waals surface area contributed by atoms with Gasteiger partial charge >= 0.3 is 0 Å². The Morgan fingerprint density at radius 1 is 1.03 bits per heavy atom. The maximum atomic E-state index is 13.0. The van der Waals surface area contributed by atoms with Gasteiger partial charge in [-0.25, -0.2) is 5.48 Å². The molecule has 33 heavy (non-hydrogen) atoms. The molecule has 2 aromatic carbocycles. The largest absolute Gasteiger partial charge is 0.486 e. The van der Waals surface area contributed by atoms with Gasteiger partial charge in [0.2, 0.25) is 0 Å². The topological polar surface area (TPSA) is 95.8 Å². The number of carbonyl (C=O) groups is 2. The Labute approximate surface area is 201 Å². The van der Waals surface area contributed by atoms with Gasteiger partial charge in [-0.1, -0.05) is 41.4 Å². The second-order valence-corrected chi connectivity index (χ2v) is 8.37. The van der Waals surface area contributed by atoms with Gasteiger partial charge in [0.1, 0.15) is 6.61 Å². The standard InChI is InChI=1S/C23H24Cl2N4O4/c1-28(2)16-7-4-14(5-8-16)11-26-22(30)17-12-29(3)20(23(31)27-32)21(17)33-13-15-6-9-18(24)19(25)10-15/h4-10,12,32H,11,13H2,1-3H3,(H,26,30)(H,27,31). The monoisotopic (exact) mass is 490 g/mol. The maximum Gasteiger partial charge on any atom is 0.295 e. The third kappa shape index (κ3) is 5.78. The zero-order chi connectivity index (χ0) is 24.1. The second kappa shape index (κ2) is 10.6. The number of benzene rings is 2. The van der Waals surface area contributed by atoms with Crippen molar-refractivity contribution in [1.29, 1.82) is 0 Å². The smallest absolute Gasteiger partial charge is 0.295 e. The van der Waals surface area contributed by atoms with Crippen molar-refractivity contribution in [3.63, 3.8) is 0 Å². The van der Waals surface area contributed by atoms with Crippen molar-refractivity contribution in [2.75, 3.05) is 19.0 Å². The molecular weight excluding hydrogens is 467 g/mol. The number of halogens is 2. The van der Waals surface area contributed by atoms with E-state index < -0.39 is 11.8 Å². The van der Waals surface area contributed by atoms with E-state index in [0.717, 1.165) is 11.3 Å². The van der Waals surface area contributed by atoms with Gasteiger partial charge in [-0.15, -0.1) is 0 Å². The number of anilines is 1. The molecule has 0 aliphatic carbocycles. The lowest BCUT2D eigenvalue weighted by Gasteiger charge is -2.13. The molecule has 8 nitrogen and oxygen atoms in total. The average Bonchev–Trinajstić information content (AvgIpc) is 3.14. The van der Waals surface area contributed by atoms with Crippen LogP contribution < -0.4 is 20.4 Å². The van der Waals surface area contributed by atoms with Gasteiger partial charge in [0, 0.05) is 39.6 Å². The zero-order valence-corrected chi connectivity index (χ0v) is 19.9. The molecular formula is C23H24Cl2N4O4. The first kappa shape index (κ1) is 24.4. The molecule has 0 saturated heterocycles. The number of ether oxygens (including phenoxy) is 1. The first-order chi connectivity index (χ1) is 15.7. The molecule has 0 bridgehead atoms. The molecule has 174 valence electrons. The number of rotatable bonds is 8. The number of amides is 2. The van der Waals surface area contributed by atoms with E-state index in [9.17, 15) is 9.59 Å². The lowest BCUT2D eigenvalue weighted by Crippen LogP contribution is -2.24. The third-order valence-corrected chi connectivity index (χ3v) is 5.71. The van der Waals surface area contributed by atoms with Crippen LogP contribution in [0.1, 0.15) is 32.0 Å². The predicted octanol–water partition coefficient (Wildman–Crippen LogP) is 4.03. The number of carbonyl (C=O) groups excluding carboxylic acids is 2. The normalized spacial score (nSPS) is 10.6. The molecule has 0 radical (unpaired) electrons. The van der Waals surface area contributed by atoms with Gasteiger partial charge in [0.15, 0.2) is 11.4 Å². The van der Waals surface area contributed by atoms with Gasteiger partial charge in [0.25, 0.3) is 11.8 Å². The van der Waals surface area contributed by atoms with Gasteiger partial charge in [-0.2, -0.15) is 0 Å². The molecule has 0 spiro atoms. The molecule has 0 aliphatic heterocycles. The Morgan fingerprint density at radius 2 is 1.70 bits per heavy atom. The SMILES string of the molecule is CN(C)c1ccc(CNC(=O)c2cn(C)c(C(=O)NO)c2OCc2ccc(Cl)c(Cl)c2)cc1. The number of hydrogen-bond donors (Lipinski definition) is 3. The summed E-state index contributed by atoms with van der Waals surface area (Å²) in [5, 5.41) is 12.7. The minimum absolute atomic E-state index is 0.00181. The van der Waals surface area contributed by atoms with E-state index in [1.807, 2.05) is 43.3 Å². The fraction of sp³-hybridized carbons (Fsp3) is 0.217. The van der Waals surface area contributed by atoms with Crippen LogP contribution in [0, 0.1) is 0 Å². The highest BCUT2D eigenvalue weighted by atomic mass is 35.5. The zero-order valence-electron chi connectivity index (χ0n) is 18.4. The van der Waals surface area contributed by atoms with Crippen LogP contribution in [0.15, 0.2) is 48.7 Å². The van der Waals surface area contributed by atoms with Crippen molar-refractivity contribution in [2.24, 2.45) is 7.05 Å². The van der Waals surface area contributed by atoms with E-state index in [4.69, 9.17) is 33.1 Å².